The van der Waals surface area contributed by atoms with Crippen molar-refractivity contribution in [1.82, 2.24) is 0 Å². The molecule has 3 rings (SSSR count). The molecule has 0 aromatic heterocycles. The number of benzene rings is 2. The Morgan fingerprint density at radius 3 is 2.42 bits per heavy atom. The zero-order valence-corrected chi connectivity index (χ0v) is 15.0. The maximum Gasteiger partial charge on any atom is 0.161 e. The van der Waals surface area contributed by atoms with Crippen LogP contribution in [0.2, 0.25) is 5.02 Å². The molecule has 2 aromatic rings. The standard InChI is InChI=1S/C19H23ClN2O2/c1-23-18-7-6-15(12-19(18)24-2)14-21-8-10-22(11-9-21)17-5-3-4-16(20)13-17/h3-7,12-13H,8-11,14H2,1-2H3/p+1. The van der Waals surface area contributed by atoms with Crippen LogP contribution in [0.5, 0.6) is 11.5 Å². The largest absolute Gasteiger partial charge is 0.493 e. The predicted molar refractivity (Wildman–Crippen MR) is 97.6 cm³/mol. The second-order valence-corrected chi connectivity index (χ2v) is 6.52. The zero-order valence-electron chi connectivity index (χ0n) is 14.2. The Labute approximate surface area is 148 Å². The van der Waals surface area contributed by atoms with Crippen molar-refractivity contribution in [1.29, 1.82) is 0 Å². The molecule has 0 aliphatic carbocycles. The maximum atomic E-state index is 6.10. The molecule has 0 unspecified atom stereocenters. The first-order valence-corrected chi connectivity index (χ1v) is 8.62. The van der Waals surface area contributed by atoms with Gasteiger partial charge < -0.3 is 19.3 Å². The molecule has 1 aliphatic heterocycles. The van der Waals surface area contributed by atoms with Gasteiger partial charge in [-0.1, -0.05) is 17.7 Å². The highest BCUT2D eigenvalue weighted by molar-refractivity contribution is 6.30. The first-order chi connectivity index (χ1) is 11.7. The summed E-state index contributed by atoms with van der Waals surface area (Å²) in [6.45, 7) is 5.32. The smallest absolute Gasteiger partial charge is 0.161 e. The van der Waals surface area contributed by atoms with Crippen molar-refractivity contribution in [3.63, 3.8) is 0 Å². The Morgan fingerprint density at radius 2 is 1.75 bits per heavy atom. The zero-order chi connectivity index (χ0) is 16.9. The van der Waals surface area contributed by atoms with Crippen molar-refractivity contribution in [2.24, 2.45) is 0 Å². The van der Waals surface area contributed by atoms with Gasteiger partial charge in [0.2, 0.25) is 0 Å². The summed E-state index contributed by atoms with van der Waals surface area (Å²) in [5, 5.41) is 0.799. The van der Waals surface area contributed by atoms with E-state index in [1.165, 1.54) is 11.3 Å². The molecule has 1 heterocycles. The normalized spacial score (nSPS) is 15.4. The van der Waals surface area contributed by atoms with Crippen LogP contribution in [0.1, 0.15) is 5.56 Å². The number of anilines is 1. The van der Waals surface area contributed by atoms with Crippen molar-refractivity contribution in [2.75, 3.05) is 45.3 Å². The third kappa shape index (κ3) is 3.94. The third-order valence-electron chi connectivity index (χ3n) is 4.55. The molecular weight excluding hydrogens is 324 g/mol. The number of piperazine rings is 1. The van der Waals surface area contributed by atoms with E-state index in [9.17, 15) is 0 Å². The van der Waals surface area contributed by atoms with E-state index in [0.29, 0.717) is 0 Å². The Kier molecular flexibility index (Phi) is 5.48. The van der Waals surface area contributed by atoms with Gasteiger partial charge in [-0.05, 0) is 36.4 Å². The van der Waals surface area contributed by atoms with Crippen LogP contribution in [0.15, 0.2) is 42.5 Å². The van der Waals surface area contributed by atoms with Gasteiger partial charge in [-0.25, -0.2) is 0 Å². The lowest BCUT2D eigenvalue weighted by atomic mass is 10.1. The molecule has 1 saturated heterocycles. The van der Waals surface area contributed by atoms with Crippen LogP contribution < -0.4 is 19.3 Å². The Bertz CT molecular complexity index is 685. The summed E-state index contributed by atoms with van der Waals surface area (Å²) in [6, 6.07) is 14.3. The van der Waals surface area contributed by atoms with Crippen molar-refractivity contribution < 1.29 is 14.4 Å². The van der Waals surface area contributed by atoms with E-state index < -0.39 is 0 Å². The number of hydrogen-bond donors (Lipinski definition) is 1. The van der Waals surface area contributed by atoms with E-state index in [4.69, 9.17) is 21.1 Å². The fraction of sp³-hybridized carbons (Fsp3) is 0.368. The predicted octanol–water partition coefficient (Wildman–Crippen LogP) is 2.26. The molecule has 1 N–H and O–H groups in total. The molecule has 2 aromatic carbocycles. The van der Waals surface area contributed by atoms with Crippen molar-refractivity contribution in [3.8, 4) is 11.5 Å². The van der Waals surface area contributed by atoms with Gasteiger partial charge in [0.05, 0.1) is 40.4 Å². The van der Waals surface area contributed by atoms with Crippen molar-refractivity contribution >= 4 is 17.3 Å². The maximum absolute atomic E-state index is 6.10. The molecule has 4 nitrogen and oxygen atoms in total. The van der Waals surface area contributed by atoms with Crippen molar-refractivity contribution in [3.05, 3.63) is 53.1 Å². The molecule has 1 fully saturated rings. The van der Waals surface area contributed by atoms with Crippen LogP contribution in [0.4, 0.5) is 5.69 Å². The van der Waals surface area contributed by atoms with Crippen molar-refractivity contribution in [2.45, 2.75) is 6.54 Å². The molecule has 128 valence electrons. The van der Waals surface area contributed by atoms with E-state index in [1.807, 2.05) is 24.3 Å². The van der Waals surface area contributed by atoms with E-state index in [2.05, 4.69) is 23.1 Å². The summed E-state index contributed by atoms with van der Waals surface area (Å²) in [4.78, 5) is 3.99. The Morgan fingerprint density at radius 1 is 1.00 bits per heavy atom. The second kappa shape index (κ2) is 7.77. The van der Waals surface area contributed by atoms with Gasteiger partial charge >= 0.3 is 0 Å². The monoisotopic (exact) mass is 347 g/mol. The lowest BCUT2D eigenvalue weighted by Crippen LogP contribution is -3.13. The summed E-state index contributed by atoms with van der Waals surface area (Å²) in [5.41, 5.74) is 2.49. The number of rotatable bonds is 5. The number of ether oxygens (including phenoxy) is 2. The van der Waals surface area contributed by atoms with Gasteiger partial charge in [0.15, 0.2) is 11.5 Å². The van der Waals surface area contributed by atoms with E-state index in [0.717, 1.165) is 49.2 Å². The average molecular weight is 348 g/mol. The summed E-state index contributed by atoms with van der Waals surface area (Å²) in [7, 11) is 3.34. The minimum absolute atomic E-state index is 0.780. The fourth-order valence-electron chi connectivity index (χ4n) is 3.21. The molecular formula is C19H24ClN2O2+. The SMILES string of the molecule is COc1ccc(C[NH+]2CCN(c3cccc(Cl)c3)CC2)cc1OC. The van der Waals surface area contributed by atoms with Gasteiger partial charge in [0.25, 0.3) is 0 Å². The van der Waals surface area contributed by atoms with Gasteiger partial charge in [-0.15, -0.1) is 0 Å². The second-order valence-electron chi connectivity index (χ2n) is 6.08. The topological polar surface area (TPSA) is 26.1 Å². The first kappa shape index (κ1) is 16.9. The molecule has 0 amide bonds. The van der Waals surface area contributed by atoms with Gasteiger partial charge in [0.1, 0.15) is 6.54 Å². The number of quaternary nitrogens is 1. The lowest BCUT2D eigenvalue weighted by Gasteiger charge is -2.33. The minimum Gasteiger partial charge on any atom is -0.493 e. The fourth-order valence-corrected chi connectivity index (χ4v) is 3.39. The average Bonchev–Trinajstić information content (AvgIpc) is 2.62. The number of halogens is 1. The molecule has 0 atom stereocenters. The highest BCUT2D eigenvalue weighted by Gasteiger charge is 2.21. The number of hydrogen-bond acceptors (Lipinski definition) is 3. The highest BCUT2D eigenvalue weighted by atomic mass is 35.5. The molecule has 0 saturated carbocycles. The van der Waals surface area contributed by atoms with Gasteiger partial charge in [-0.2, -0.15) is 0 Å². The molecule has 0 spiro atoms. The molecule has 24 heavy (non-hydrogen) atoms. The van der Waals surface area contributed by atoms with Crippen LogP contribution in [-0.2, 0) is 6.54 Å². The highest BCUT2D eigenvalue weighted by Crippen LogP contribution is 2.27. The lowest BCUT2D eigenvalue weighted by molar-refractivity contribution is -0.914. The number of nitrogens with one attached hydrogen (secondary N) is 1. The molecule has 0 radical (unpaired) electrons. The number of methoxy groups -OCH3 is 2. The summed E-state index contributed by atoms with van der Waals surface area (Å²) < 4.78 is 10.7. The molecule has 5 heteroatoms. The van der Waals surface area contributed by atoms with E-state index in [1.54, 1.807) is 19.1 Å². The Hall–Kier alpha value is -1.91. The Balaban J connectivity index is 1.59. The summed E-state index contributed by atoms with van der Waals surface area (Å²) in [6.07, 6.45) is 0. The van der Waals surface area contributed by atoms with Crippen LogP contribution in [-0.4, -0.2) is 40.4 Å². The van der Waals surface area contributed by atoms with Crippen LogP contribution >= 0.6 is 11.6 Å². The van der Waals surface area contributed by atoms with Crippen LogP contribution in [0.3, 0.4) is 0 Å². The minimum atomic E-state index is 0.780. The van der Waals surface area contributed by atoms with Gasteiger partial charge in [-0.3, -0.25) is 0 Å². The summed E-state index contributed by atoms with van der Waals surface area (Å²) >= 11 is 6.10. The molecule has 1 aliphatic rings. The van der Waals surface area contributed by atoms with Crippen LogP contribution in [0, 0.1) is 0 Å². The van der Waals surface area contributed by atoms with Gasteiger partial charge in [0, 0.05) is 16.3 Å². The first-order valence-electron chi connectivity index (χ1n) is 8.24. The van der Waals surface area contributed by atoms with Crippen LogP contribution in [0.25, 0.3) is 0 Å². The van der Waals surface area contributed by atoms with E-state index >= 15 is 0 Å². The quantitative estimate of drug-likeness (QED) is 0.898. The van der Waals surface area contributed by atoms with E-state index in [-0.39, 0.29) is 0 Å². The third-order valence-corrected chi connectivity index (χ3v) is 4.78. The number of nitrogens with zero attached hydrogens (tertiary/aromatic N) is 1. The summed E-state index contributed by atoms with van der Waals surface area (Å²) in [5.74, 6) is 1.58. The molecule has 0 bridgehead atoms.